The highest BCUT2D eigenvalue weighted by Gasteiger charge is 2.32. The van der Waals surface area contributed by atoms with Crippen molar-refractivity contribution in [1.82, 2.24) is 10.7 Å². The molecular formula is C21H20ClN5O3S. The summed E-state index contributed by atoms with van der Waals surface area (Å²) in [5.74, 6) is -0.759. The summed E-state index contributed by atoms with van der Waals surface area (Å²) in [6, 6.07) is 13.8. The van der Waals surface area contributed by atoms with E-state index < -0.39 is 5.25 Å². The number of halogens is 1. The fraction of sp³-hybridized carbons (Fsp3) is 0.143. The van der Waals surface area contributed by atoms with Gasteiger partial charge in [0, 0.05) is 35.3 Å². The Balaban J connectivity index is 1.54. The lowest BCUT2D eigenvalue weighted by Crippen LogP contribution is -2.28. The van der Waals surface area contributed by atoms with Crippen LogP contribution < -0.4 is 21.4 Å². The summed E-state index contributed by atoms with van der Waals surface area (Å²) in [7, 11) is 0. The van der Waals surface area contributed by atoms with E-state index in [0.29, 0.717) is 27.3 Å². The molecule has 1 atom stereocenters. The molecule has 1 heterocycles. The van der Waals surface area contributed by atoms with Crippen LogP contribution in [0.3, 0.4) is 0 Å². The van der Waals surface area contributed by atoms with Crippen LogP contribution in [-0.4, -0.2) is 28.1 Å². The van der Waals surface area contributed by atoms with Crippen molar-refractivity contribution in [2.45, 2.75) is 18.6 Å². The first-order chi connectivity index (χ1) is 14.8. The van der Waals surface area contributed by atoms with Crippen molar-refractivity contribution in [3.05, 3.63) is 65.7 Å². The predicted molar refractivity (Wildman–Crippen MR) is 125 cm³/mol. The van der Waals surface area contributed by atoms with E-state index in [1.165, 1.54) is 6.92 Å². The number of hydrazone groups is 1. The number of hydrogen-bond donors (Lipinski definition) is 4. The van der Waals surface area contributed by atoms with Gasteiger partial charge in [0.25, 0.3) is 0 Å². The second-order valence-corrected chi connectivity index (χ2v) is 8.25. The summed E-state index contributed by atoms with van der Waals surface area (Å²) in [5, 5.41) is 12.5. The fourth-order valence-corrected chi connectivity index (χ4v) is 3.73. The van der Waals surface area contributed by atoms with E-state index in [2.05, 4.69) is 33.1 Å². The molecule has 0 spiro atoms. The van der Waals surface area contributed by atoms with Crippen molar-refractivity contribution in [1.29, 1.82) is 0 Å². The molecule has 4 N–H and O–H groups in total. The van der Waals surface area contributed by atoms with Gasteiger partial charge in [0.2, 0.25) is 17.7 Å². The quantitative estimate of drug-likeness (QED) is 0.476. The van der Waals surface area contributed by atoms with Crippen LogP contribution in [0.1, 0.15) is 18.9 Å². The van der Waals surface area contributed by atoms with Crippen LogP contribution >= 0.6 is 23.4 Å². The third-order valence-corrected chi connectivity index (χ3v) is 5.43. The molecule has 31 heavy (non-hydrogen) atoms. The van der Waals surface area contributed by atoms with Crippen LogP contribution in [0, 0.1) is 0 Å². The Kier molecular flexibility index (Phi) is 7.32. The molecule has 1 fully saturated rings. The first-order valence-electron chi connectivity index (χ1n) is 9.24. The molecule has 10 heteroatoms. The number of carbonyl (C=O) groups excluding carboxylic acids is 3. The van der Waals surface area contributed by atoms with E-state index in [-0.39, 0.29) is 24.1 Å². The van der Waals surface area contributed by atoms with Gasteiger partial charge in [-0.05, 0) is 36.4 Å². The minimum absolute atomic E-state index is 0.00213. The number of carbonyl (C=O) groups is 3. The van der Waals surface area contributed by atoms with E-state index in [1.807, 2.05) is 6.07 Å². The van der Waals surface area contributed by atoms with Gasteiger partial charge in [0.05, 0.1) is 5.70 Å². The Hall–Kier alpha value is -3.30. The minimum atomic E-state index is -0.593. The lowest BCUT2D eigenvalue weighted by molar-refractivity contribution is -0.122. The number of anilines is 2. The molecule has 3 amide bonds. The zero-order chi connectivity index (χ0) is 22.4. The number of nitrogens with one attached hydrogen (secondary N) is 4. The smallest absolute Gasteiger partial charge is 0.240 e. The molecular weight excluding hydrogens is 438 g/mol. The number of thioether (sulfide) groups is 1. The van der Waals surface area contributed by atoms with Gasteiger partial charge in [-0.1, -0.05) is 42.1 Å². The predicted octanol–water partition coefficient (Wildman–Crippen LogP) is 3.39. The molecule has 0 saturated carbocycles. The number of rotatable bonds is 7. The van der Waals surface area contributed by atoms with Gasteiger partial charge in [-0.15, -0.1) is 5.10 Å². The van der Waals surface area contributed by atoms with Crippen LogP contribution in [0.4, 0.5) is 11.4 Å². The summed E-state index contributed by atoms with van der Waals surface area (Å²) < 4.78 is 0. The average Bonchev–Trinajstić information content (AvgIpc) is 3.06. The standard InChI is InChI=1S/C21H20ClN5O3S/c1-12(14-4-3-5-17(10-14)23-13(2)28)26-27-21-25-20(30)18(31-21)11-19(29)24-16-8-6-15(22)7-9-16/h3-10,18,26H,1,11H2,2H3,(H,23,28)(H,24,29)(H,25,27,30)/t18-/m0/s1. The number of amides is 3. The van der Waals surface area contributed by atoms with Gasteiger partial charge in [0.1, 0.15) is 5.25 Å². The average molecular weight is 458 g/mol. The fourth-order valence-electron chi connectivity index (χ4n) is 2.68. The highest BCUT2D eigenvalue weighted by molar-refractivity contribution is 8.15. The molecule has 8 nitrogen and oxygen atoms in total. The minimum Gasteiger partial charge on any atom is -0.326 e. The molecule has 0 bridgehead atoms. The topological polar surface area (TPSA) is 112 Å². The van der Waals surface area contributed by atoms with E-state index >= 15 is 0 Å². The molecule has 160 valence electrons. The third-order valence-electron chi connectivity index (χ3n) is 4.10. The second-order valence-electron chi connectivity index (χ2n) is 6.62. The first kappa shape index (κ1) is 22.4. The molecule has 0 aromatic heterocycles. The summed E-state index contributed by atoms with van der Waals surface area (Å²) in [6.45, 7) is 5.35. The highest BCUT2D eigenvalue weighted by Crippen LogP contribution is 2.23. The van der Waals surface area contributed by atoms with Crippen LogP contribution in [-0.2, 0) is 14.4 Å². The molecule has 2 aromatic carbocycles. The highest BCUT2D eigenvalue weighted by atomic mass is 35.5. The van der Waals surface area contributed by atoms with E-state index in [1.54, 1.807) is 42.5 Å². The normalized spacial score (nSPS) is 16.5. The Morgan fingerprint density at radius 2 is 1.90 bits per heavy atom. The van der Waals surface area contributed by atoms with Gasteiger partial charge in [-0.2, -0.15) is 0 Å². The summed E-state index contributed by atoms with van der Waals surface area (Å²) in [4.78, 5) is 35.6. The van der Waals surface area contributed by atoms with Crippen LogP contribution in [0.15, 0.2) is 60.2 Å². The lowest BCUT2D eigenvalue weighted by atomic mass is 10.1. The molecule has 0 radical (unpaired) electrons. The van der Waals surface area contributed by atoms with Gasteiger partial charge < -0.3 is 16.0 Å². The van der Waals surface area contributed by atoms with Crippen molar-refractivity contribution >= 4 is 63.3 Å². The molecule has 2 aromatic rings. The SMILES string of the molecule is C=C(N/N=C1/NC(=O)[C@H](CC(=O)Nc2ccc(Cl)cc2)S1)c1cccc(NC(C)=O)c1. The second kappa shape index (κ2) is 10.1. The van der Waals surface area contributed by atoms with E-state index in [0.717, 1.165) is 17.3 Å². The first-order valence-corrected chi connectivity index (χ1v) is 10.5. The van der Waals surface area contributed by atoms with Crippen molar-refractivity contribution in [2.75, 3.05) is 10.6 Å². The Morgan fingerprint density at radius 1 is 1.16 bits per heavy atom. The zero-order valence-electron chi connectivity index (χ0n) is 16.6. The summed E-state index contributed by atoms with van der Waals surface area (Å²) >= 11 is 6.98. The molecule has 0 unspecified atom stereocenters. The number of hydrogen-bond acceptors (Lipinski definition) is 6. The monoisotopic (exact) mass is 457 g/mol. The van der Waals surface area contributed by atoms with Gasteiger partial charge in [-0.25, -0.2) is 0 Å². The molecule has 0 aliphatic carbocycles. The van der Waals surface area contributed by atoms with Crippen molar-refractivity contribution < 1.29 is 14.4 Å². The van der Waals surface area contributed by atoms with Crippen molar-refractivity contribution in [3.8, 4) is 0 Å². The van der Waals surface area contributed by atoms with Crippen LogP contribution in [0.2, 0.25) is 5.02 Å². The molecule has 1 aliphatic rings. The number of amidine groups is 1. The van der Waals surface area contributed by atoms with Crippen molar-refractivity contribution in [2.24, 2.45) is 5.10 Å². The van der Waals surface area contributed by atoms with E-state index in [4.69, 9.17) is 11.6 Å². The Labute approximate surface area is 188 Å². The van der Waals surface area contributed by atoms with Crippen molar-refractivity contribution in [3.63, 3.8) is 0 Å². The maximum absolute atomic E-state index is 12.2. The zero-order valence-corrected chi connectivity index (χ0v) is 18.1. The van der Waals surface area contributed by atoms with Crippen LogP contribution in [0.5, 0.6) is 0 Å². The summed E-state index contributed by atoms with van der Waals surface area (Å²) in [5.41, 5.74) is 5.24. The number of nitrogens with zero attached hydrogens (tertiary/aromatic N) is 1. The third kappa shape index (κ3) is 6.59. The van der Waals surface area contributed by atoms with Crippen LogP contribution in [0.25, 0.3) is 5.70 Å². The van der Waals surface area contributed by atoms with Gasteiger partial charge >= 0.3 is 0 Å². The maximum atomic E-state index is 12.2. The maximum Gasteiger partial charge on any atom is 0.240 e. The summed E-state index contributed by atoms with van der Waals surface area (Å²) in [6.07, 6.45) is -0.00213. The molecule has 3 rings (SSSR count). The molecule has 1 saturated heterocycles. The number of benzene rings is 2. The Morgan fingerprint density at radius 3 is 2.61 bits per heavy atom. The lowest BCUT2D eigenvalue weighted by Gasteiger charge is -2.08. The van der Waals surface area contributed by atoms with Gasteiger partial charge in [-0.3, -0.25) is 19.8 Å². The molecule has 1 aliphatic heterocycles. The largest absolute Gasteiger partial charge is 0.326 e. The van der Waals surface area contributed by atoms with Gasteiger partial charge in [0.15, 0.2) is 5.17 Å². The Bertz CT molecular complexity index is 1060. The van der Waals surface area contributed by atoms with E-state index in [9.17, 15) is 14.4 Å².